The quantitative estimate of drug-likeness (QED) is 0.343. The molecule has 0 aromatic carbocycles. The third-order valence-electron chi connectivity index (χ3n) is 1.34. The predicted octanol–water partition coefficient (Wildman–Crippen LogP) is 2.67. The summed E-state index contributed by atoms with van der Waals surface area (Å²) in [5, 5.41) is 0. The molecule has 0 unspecified atom stereocenters. The van der Waals surface area contributed by atoms with E-state index in [-0.39, 0.29) is 0 Å². The molecule has 0 aromatic rings. The van der Waals surface area contributed by atoms with Gasteiger partial charge in [-0.05, 0) is 44.9 Å². The van der Waals surface area contributed by atoms with Crippen molar-refractivity contribution in [2.75, 3.05) is 0 Å². The van der Waals surface area contributed by atoms with E-state index in [1.54, 1.807) is 5.94 Å². The van der Waals surface area contributed by atoms with Gasteiger partial charge in [-0.25, -0.2) is 4.79 Å². The summed E-state index contributed by atoms with van der Waals surface area (Å²) in [5.41, 5.74) is 4.78. The van der Waals surface area contributed by atoms with Crippen LogP contribution in [0.2, 0.25) is 0 Å². The molecular formula is C10H14O. The van der Waals surface area contributed by atoms with Crippen molar-refractivity contribution in [3.63, 3.8) is 0 Å². The van der Waals surface area contributed by atoms with Crippen LogP contribution in [0.5, 0.6) is 0 Å². The van der Waals surface area contributed by atoms with Crippen molar-refractivity contribution in [3.8, 4) is 0 Å². The SMILES string of the molecule is CC(=C=C=O)CCC=C(C)C. The lowest BCUT2D eigenvalue weighted by atomic mass is 10.1. The minimum Gasteiger partial charge on any atom is -0.224 e. The van der Waals surface area contributed by atoms with E-state index in [4.69, 9.17) is 0 Å². The smallest absolute Gasteiger partial charge is 0.177 e. The monoisotopic (exact) mass is 150 g/mol. The van der Waals surface area contributed by atoms with Crippen LogP contribution in [0.3, 0.4) is 0 Å². The zero-order chi connectivity index (χ0) is 8.69. The lowest BCUT2D eigenvalue weighted by Crippen LogP contribution is -1.74. The molecule has 0 N–H and O–H groups in total. The van der Waals surface area contributed by atoms with E-state index < -0.39 is 0 Å². The summed E-state index contributed by atoms with van der Waals surface area (Å²) >= 11 is 0. The summed E-state index contributed by atoms with van der Waals surface area (Å²) in [6.07, 6.45) is 4.04. The van der Waals surface area contributed by atoms with Crippen LogP contribution < -0.4 is 0 Å². The van der Waals surface area contributed by atoms with E-state index in [2.05, 4.69) is 25.7 Å². The summed E-state index contributed by atoms with van der Waals surface area (Å²) in [6, 6.07) is 0. The summed E-state index contributed by atoms with van der Waals surface area (Å²) in [6.45, 7) is 6.02. The minimum absolute atomic E-state index is 0.903. The molecule has 0 saturated heterocycles. The lowest BCUT2D eigenvalue weighted by molar-refractivity contribution is 0.569. The molecule has 60 valence electrons. The summed E-state index contributed by atoms with van der Waals surface area (Å²) < 4.78 is 0. The van der Waals surface area contributed by atoms with Crippen molar-refractivity contribution in [2.45, 2.75) is 33.6 Å². The Balaban J connectivity index is 3.82. The van der Waals surface area contributed by atoms with Gasteiger partial charge in [0.25, 0.3) is 0 Å². The number of allylic oxidation sites excluding steroid dienone is 3. The highest BCUT2D eigenvalue weighted by molar-refractivity contribution is 5.44. The van der Waals surface area contributed by atoms with Crippen LogP contribution in [0.1, 0.15) is 33.6 Å². The normalized spacial score (nSPS) is 7.91. The van der Waals surface area contributed by atoms with Gasteiger partial charge in [-0.2, -0.15) is 0 Å². The van der Waals surface area contributed by atoms with Gasteiger partial charge in [0.2, 0.25) is 0 Å². The van der Waals surface area contributed by atoms with Crippen molar-refractivity contribution < 1.29 is 4.79 Å². The van der Waals surface area contributed by atoms with Crippen LogP contribution in [0.25, 0.3) is 0 Å². The fraction of sp³-hybridized carbons (Fsp3) is 0.500. The van der Waals surface area contributed by atoms with Crippen LogP contribution in [0.15, 0.2) is 23.0 Å². The summed E-state index contributed by atoms with van der Waals surface area (Å²) in [5.74, 6) is 1.65. The van der Waals surface area contributed by atoms with Gasteiger partial charge in [0.15, 0.2) is 5.94 Å². The standard InChI is InChI=1S/C10H14O/c1-9(2)5-4-6-10(3)7-8-11/h5H,4,6H2,1-3H3. The van der Waals surface area contributed by atoms with Gasteiger partial charge in [0.05, 0.1) is 0 Å². The van der Waals surface area contributed by atoms with Crippen LogP contribution in [0, 0.1) is 0 Å². The molecule has 0 aromatic heterocycles. The Hall–Kier alpha value is -1.03. The first-order valence-electron chi connectivity index (χ1n) is 3.75. The van der Waals surface area contributed by atoms with Gasteiger partial charge in [-0.1, -0.05) is 11.6 Å². The van der Waals surface area contributed by atoms with Gasteiger partial charge < -0.3 is 0 Å². The molecule has 0 saturated carbocycles. The molecule has 0 aliphatic carbocycles. The highest BCUT2D eigenvalue weighted by atomic mass is 16.1. The molecule has 0 fully saturated rings. The zero-order valence-corrected chi connectivity index (χ0v) is 7.40. The van der Waals surface area contributed by atoms with Gasteiger partial charge in [-0.15, -0.1) is 0 Å². The first-order valence-corrected chi connectivity index (χ1v) is 3.75. The molecule has 0 spiro atoms. The van der Waals surface area contributed by atoms with E-state index >= 15 is 0 Å². The highest BCUT2D eigenvalue weighted by Gasteiger charge is 1.85. The molecule has 0 heterocycles. The Labute approximate surface area is 68.1 Å². The van der Waals surface area contributed by atoms with Crippen molar-refractivity contribution in [1.29, 1.82) is 0 Å². The van der Waals surface area contributed by atoms with Crippen molar-refractivity contribution >= 4 is 5.94 Å². The second-order valence-electron chi connectivity index (χ2n) is 2.83. The van der Waals surface area contributed by atoms with Crippen molar-refractivity contribution in [2.24, 2.45) is 0 Å². The number of hydrogen-bond acceptors (Lipinski definition) is 1. The molecule has 11 heavy (non-hydrogen) atoms. The summed E-state index contributed by atoms with van der Waals surface area (Å²) in [7, 11) is 0. The van der Waals surface area contributed by atoms with Crippen molar-refractivity contribution in [3.05, 3.63) is 23.0 Å². The largest absolute Gasteiger partial charge is 0.224 e. The second kappa shape index (κ2) is 5.73. The van der Waals surface area contributed by atoms with E-state index in [9.17, 15) is 4.79 Å². The van der Waals surface area contributed by atoms with Gasteiger partial charge in [0.1, 0.15) is 0 Å². The fourth-order valence-electron chi connectivity index (χ4n) is 0.727. The molecule has 1 heteroatoms. The number of carbonyl (C=O) groups excluding carboxylic acids is 1. The van der Waals surface area contributed by atoms with Crippen molar-refractivity contribution in [1.82, 2.24) is 0 Å². The van der Waals surface area contributed by atoms with Crippen LogP contribution in [-0.4, -0.2) is 5.94 Å². The first-order chi connectivity index (χ1) is 5.16. The predicted molar refractivity (Wildman–Crippen MR) is 47.1 cm³/mol. The third kappa shape index (κ3) is 6.86. The maximum absolute atomic E-state index is 9.84. The molecule has 0 aliphatic heterocycles. The van der Waals surface area contributed by atoms with E-state index in [0.29, 0.717) is 0 Å². The third-order valence-corrected chi connectivity index (χ3v) is 1.34. The zero-order valence-electron chi connectivity index (χ0n) is 7.40. The van der Waals surface area contributed by atoms with E-state index in [0.717, 1.165) is 18.4 Å². The average molecular weight is 150 g/mol. The molecule has 1 nitrogen and oxygen atoms in total. The molecule has 0 radical (unpaired) electrons. The fourth-order valence-corrected chi connectivity index (χ4v) is 0.727. The topological polar surface area (TPSA) is 17.1 Å². The van der Waals surface area contributed by atoms with Gasteiger partial charge in [0, 0.05) is 0 Å². The molecular weight excluding hydrogens is 136 g/mol. The molecule has 0 rings (SSSR count). The van der Waals surface area contributed by atoms with E-state index in [1.165, 1.54) is 5.57 Å². The Morgan fingerprint density at radius 3 is 2.45 bits per heavy atom. The van der Waals surface area contributed by atoms with Crippen LogP contribution >= 0.6 is 0 Å². The Bertz CT molecular complexity index is 219. The van der Waals surface area contributed by atoms with Gasteiger partial charge >= 0.3 is 0 Å². The Morgan fingerprint density at radius 2 is 2.00 bits per heavy atom. The maximum atomic E-state index is 9.84. The van der Waals surface area contributed by atoms with Gasteiger partial charge in [-0.3, -0.25) is 0 Å². The number of hydrogen-bond donors (Lipinski definition) is 0. The Morgan fingerprint density at radius 1 is 1.36 bits per heavy atom. The van der Waals surface area contributed by atoms with Crippen LogP contribution in [0.4, 0.5) is 0 Å². The maximum Gasteiger partial charge on any atom is 0.177 e. The number of rotatable bonds is 3. The molecule has 0 aliphatic rings. The molecule has 0 amide bonds. The second-order valence-corrected chi connectivity index (χ2v) is 2.83. The highest BCUT2D eigenvalue weighted by Crippen LogP contribution is 2.03. The van der Waals surface area contributed by atoms with E-state index in [1.807, 2.05) is 6.92 Å². The molecule has 0 bridgehead atoms. The lowest BCUT2D eigenvalue weighted by Gasteiger charge is -1.92. The minimum atomic E-state index is 0.903. The van der Waals surface area contributed by atoms with Crippen LogP contribution in [-0.2, 0) is 4.79 Å². The molecule has 0 atom stereocenters. The Kier molecular flexibility index (Phi) is 5.20. The average Bonchev–Trinajstić information content (AvgIpc) is 1.87. The first kappa shape index (κ1) is 9.97. The summed E-state index contributed by atoms with van der Waals surface area (Å²) in [4.78, 5) is 9.84.